The van der Waals surface area contributed by atoms with Crippen molar-refractivity contribution in [2.75, 3.05) is 5.32 Å². The molecule has 4 rings (SSSR count). The van der Waals surface area contributed by atoms with E-state index in [2.05, 4.69) is 16.5 Å². The fourth-order valence-corrected chi connectivity index (χ4v) is 3.56. The third kappa shape index (κ3) is 2.07. The molecule has 114 valence electrons. The number of nitrogens with one attached hydrogen (secondary N) is 1. The first-order valence-electron chi connectivity index (χ1n) is 7.46. The van der Waals surface area contributed by atoms with Crippen LogP contribution < -0.4 is 5.32 Å². The second-order valence-corrected chi connectivity index (χ2v) is 6.09. The average molecular weight is 325 g/mol. The molecule has 0 unspecified atom stereocenters. The second-order valence-electron chi connectivity index (χ2n) is 5.68. The molecule has 0 fully saturated rings. The predicted molar refractivity (Wildman–Crippen MR) is 86.0 cm³/mol. The summed E-state index contributed by atoms with van der Waals surface area (Å²) in [5, 5.41) is 17.5. The maximum atomic E-state index is 12.6. The summed E-state index contributed by atoms with van der Waals surface area (Å²) in [4.78, 5) is 12.6. The molecule has 5 nitrogen and oxygen atoms in total. The van der Waals surface area contributed by atoms with Crippen LogP contribution in [0, 0.1) is 11.3 Å². The number of hydrogen-bond acceptors (Lipinski definition) is 4. The fraction of sp³-hybridized carbons (Fsp3) is 0.235. The van der Waals surface area contributed by atoms with Crippen LogP contribution in [0.1, 0.15) is 36.4 Å². The van der Waals surface area contributed by atoms with Crippen LogP contribution in [0.4, 0.5) is 5.82 Å². The SMILES string of the molecule is N#Cc1cnn2c1NC1=C(C(=O)CCC1)[C@H]2c1ccccc1Cl. The maximum absolute atomic E-state index is 12.6. The smallest absolute Gasteiger partial charge is 0.163 e. The minimum atomic E-state index is -0.384. The Balaban J connectivity index is 1.98. The molecule has 2 aliphatic rings. The number of hydrogen-bond donors (Lipinski definition) is 1. The number of allylic oxidation sites excluding steroid dienone is 2. The highest BCUT2D eigenvalue weighted by Gasteiger charge is 2.37. The first kappa shape index (κ1) is 14.0. The van der Waals surface area contributed by atoms with Crippen LogP contribution in [-0.4, -0.2) is 15.6 Å². The number of carbonyl (C=O) groups is 1. The van der Waals surface area contributed by atoms with Crippen molar-refractivity contribution in [2.45, 2.75) is 25.3 Å². The van der Waals surface area contributed by atoms with E-state index in [1.54, 1.807) is 10.7 Å². The Morgan fingerprint density at radius 2 is 2.17 bits per heavy atom. The second kappa shape index (κ2) is 5.25. The lowest BCUT2D eigenvalue weighted by atomic mass is 9.85. The molecule has 23 heavy (non-hydrogen) atoms. The van der Waals surface area contributed by atoms with E-state index in [0.29, 0.717) is 28.4 Å². The Labute approximate surface area is 138 Å². The first-order valence-corrected chi connectivity index (χ1v) is 7.84. The minimum Gasteiger partial charge on any atom is -0.342 e. The van der Waals surface area contributed by atoms with Gasteiger partial charge in [0.1, 0.15) is 23.5 Å². The first-order chi connectivity index (χ1) is 11.2. The highest BCUT2D eigenvalue weighted by molar-refractivity contribution is 6.31. The summed E-state index contributed by atoms with van der Waals surface area (Å²) in [6.45, 7) is 0. The third-order valence-electron chi connectivity index (χ3n) is 4.36. The van der Waals surface area contributed by atoms with Crippen molar-refractivity contribution in [3.63, 3.8) is 0 Å². The number of fused-ring (bicyclic) bond motifs is 1. The number of ketones is 1. The molecule has 0 bridgehead atoms. The van der Waals surface area contributed by atoms with Crippen molar-refractivity contribution < 1.29 is 4.79 Å². The molecule has 0 amide bonds. The van der Waals surface area contributed by atoms with E-state index in [0.717, 1.165) is 24.1 Å². The van der Waals surface area contributed by atoms with Gasteiger partial charge >= 0.3 is 0 Å². The topological polar surface area (TPSA) is 70.7 Å². The van der Waals surface area contributed by atoms with Crippen LogP contribution in [0.15, 0.2) is 41.7 Å². The Morgan fingerprint density at radius 1 is 1.35 bits per heavy atom. The molecule has 0 radical (unpaired) electrons. The molecule has 1 aliphatic heterocycles. The summed E-state index contributed by atoms with van der Waals surface area (Å²) in [5.74, 6) is 0.745. The van der Waals surface area contributed by atoms with Gasteiger partial charge in [-0.15, -0.1) is 0 Å². The highest BCUT2D eigenvalue weighted by Crippen LogP contribution is 2.42. The average Bonchev–Trinajstić information content (AvgIpc) is 2.96. The molecule has 1 aromatic heterocycles. The lowest BCUT2D eigenvalue weighted by Gasteiger charge is -2.33. The van der Waals surface area contributed by atoms with E-state index in [4.69, 9.17) is 11.6 Å². The molecular weight excluding hydrogens is 312 g/mol. The number of benzene rings is 1. The molecule has 2 aromatic rings. The Bertz CT molecular complexity index is 890. The molecule has 0 saturated carbocycles. The van der Waals surface area contributed by atoms with Gasteiger partial charge in [-0.25, -0.2) is 4.68 Å². The quantitative estimate of drug-likeness (QED) is 0.872. The number of aromatic nitrogens is 2. The Kier molecular flexibility index (Phi) is 3.21. The molecule has 6 heteroatoms. The summed E-state index contributed by atoms with van der Waals surface area (Å²) in [6, 6.07) is 9.22. The van der Waals surface area contributed by atoms with Gasteiger partial charge in [-0.05, 0) is 24.5 Å². The molecule has 1 aliphatic carbocycles. The molecular formula is C17H13ClN4O. The van der Waals surface area contributed by atoms with Gasteiger partial charge in [0.25, 0.3) is 0 Å². The Hall–Kier alpha value is -2.58. The number of nitrogens with zero attached hydrogens (tertiary/aromatic N) is 3. The number of halogens is 1. The van der Waals surface area contributed by atoms with Crippen LogP contribution >= 0.6 is 11.6 Å². The lowest BCUT2D eigenvalue weighted by Crippen LogP contribution is -2.31. The van der Waals surface area contributed by atoms with Crippen molar-refractivity contribution in [3.8, 4) is 6.07 Å². The van der Waals surface area contributed by atoms with E-state index in [9.17, 15) is 10.1 Å². The summed E-state index contributed by atoms with van der Waals surface area (Å²) in [6.07, 6.45) is 3.66. The van der Waals surface area contributed by atoms with Crippen LogP contribution in [0.5, 0.6) is 0 Å². The number of anilines is 1. The van der Waals surface area contributed by atoms with Gasteiger partial charge < -0.3 is 5.32 Å². The van der Waals surface area contributed by atoms with E-state index >= 15 is 0 Å². The number of Topliss-reactive ketones (excluding diaryl/α,β-unsaturated/α-hetero) is 1. The summed E-state index contributed by atoms with van der Waals surface area (Å²) < 4.78 is 1.70. The predicted octanol–water partition coefficient (Wildman–Crippen LogP) is 3.43. The van der Waals surface area contributed by atoms with Gasteiger partial charge in [0.2, 0.25) is 0 Å². The van der Waals surface area contributed by atoms with Crippen molar-refractivity contribution in [2.24, 2.45) is 0 Å². The van der Waals surface area contributed by atoms with Crippen LogP contribution in [0.2, 0.25) is 5.02 Å². The minimum absolute atomic E-state index is 0.114. The molecule has 1 N–H and O–H groups in total. The normalized spacial score (nSPS) is 19.7. The van der Waals surface area contributed by atoms with E-state index in [1.807, 2.05) is 18.2 Å². The van der Waals surface area contributed by atoms with E-state index < -0.39 is 0 Å². The van der Waals surface area contributed by atoms with Crippen molar-refractivity contribution in [1.29, 1.82) is 5.26 Å². The lowest BCUT2D eigenvalue weighted by molar-refractivity contribution is -0.116. The van der Waals surface area contributed by atoms with Crippen LogP contribution in [0.25, 0.3) is 0 Å². The monoisotopic (exact) mass is 324 g/mol. The molecule has 1 atom stereocenters. The van der Waals surface area contributed by atoms with Gasteiger partial charge in [0.15, 0.2) is 5.78 Å². The Morgan fingerprint density at radius 3 is 2.96 bits per heavy atom. The summed E-state index contributed by atoms with van der Waals surface area (Å²) >= 11 is 6.38. The van der Waals surface area contributed by atoms with Gasteiger partial charge in [0.05, 0.1) is 6.20 Å². The zero-order chi connectivity index (χ0) is 16.0. The number of carbonyl (C=O) groups excluding carboxylic acids is 1. The van der Waals surface area contributed by atoms with Crippen LogP contribution in [0.3, 0.4) is 0 Å². The van der Waals surface area contributed by atoms with E-state index in [-0.39, 0.29) is 11.8 Å². The zero-order valence-corrected chi connectivity index (χ0v) is 13.0. The molecule has 0 spiro atoms. The number of rotatable bonds is 1. The third-order valence-corrected chi connectivity index (χ3v) is 4.70. The fourth-order valence-electron chi connectivity index (χ4n) is 3.32. The molecule has 1 aromatic carbocycles. The van der Waals surface area contributed by atoms with E-state index in [1.165, 1.54) is 6.20 Å². The number of nitriles is 1. The van der Waals surface area contributed by atoms with Crippen LogP contribution in [-0.2, 0) is 4.79 Å². The van der Waals surface area contributed by atoms with Crippen molar-refractivity contribution in [3.05, 3.63) is 57.9 Å². The van der Waals surface area contributed by atoms with Gasteiger partial charge in [-0.2, -0.15) is 10.4 Å². The molecule has 0 saturated heterocycles. The van der Waals surface area contributed by atoms with Crippen molar-refractivity contribution >= 4 is 23.2 Å². The van der Waals surface area contributed by atoms with Gasteiger partial charge in [-0.1, -0.05) is 29.8 Å². The van der Waals surface area contributed by atoms with Gasteiger partial charge in [0, 0.05) is 22.7 Å². The highest BCUT2D eigenvalue weighted by atomic mass is 35.5. The maximum Gasteiger partial charge on any atom is 0.163 e. The summed E-state index contributed by atoms with van der Waals surface area (Å²) in [7, 11) is 0. The largest absolute Gasteiger partial charge is 0.342 e. The molecule has 2 heterocycles. The van der Waals surface area contributed by atoms with Crippen molar-refractivity contribution in [1.82, 2.24) is 9.78 Å². The zero-order valence-electron chi connectivity index (χ0n) is 12.2. The summed E-state index contributed by atoms with van der Waals surface area (Å²) in [5.41, 5.74) is 2.89. The van der Waals surface area contributed by atoms with Gasteiger partial charge in [-0.3, -0.25) is 4.79 Å². The standard InChI is InChI=1S/C17H13ClN4O/c18-12-5-2-1-4-11(12)16-15-13(6-3-7-14(15)23)21-17-10(8-19)9-20-22(16)17/h1-2,4-5,9,16,21H,3,6-7H2/t16-/m1/s1.